The van der Waals surface area contributed by atoms with Crippen LogP contribution in [-0.4, -0.2) is 28.6 Å². The van der Waals surface area contributed by atoms with Crippen molar-refractivity contribution in [2.24, 2.45) is 0 Å². The van der Waals surface area contributed by atoms with Gasteiger partial charge < -0.3 is 9.84 Å². The number of amides is 1. The van der Waals surface area contributed by atoms with E-state index in [0.717, 1.165) is 16.8 Å². The summed E-state index contributed by atoms with van der Waals surface area (Å²) >= 11 is 1.31. The first-order chi connectivity index (χ1) is 13.0. The zero-order valence-electron chi connectivity index (χ0n) is 14.6. The smallest absolute Gasteiger partial charge is 0.310 e. The molecule has 0 atom stereocenters. The maximum absolute atomic E-state index is 11.9. The van der Waals surface area contributed by atoms with E-state index in [1.54, 1.807) is 12.1 Å². The van der Waals surface area contributed by atoms with E-state index in [1.807, 2.05) is 36.6 Å². The number of thiazole rings is 1. The Morgan fingerprint density at radius 3 is 2.52 bits per heavy atom. The number of ether oxygens (including phenoxy) is 1. The first-order valence-electron chi connectivity index (χ1n) is 8.25. The monoisotopic (exact) mass is 382 g/mol. The van der Waals surface area contributed by atoms with Crippen LogP contribution < -0.4 is 5.32 Å². The second-order valence-electron chi connectivity index (χ2n) is 5.96. The van der Waals surface area contributed by atoms with Crippen molar-refractivity contribution in [3.63, 3.8) is 0 Å². The van der Waals surface area contributed by atoms with Crippen LogP contribution in [0, 0.1) is 6.92 Å². The van der Waals surface area contributed by atoms with Crippen LogP contribution in [0.2, 0.25) is 0 Å². The zero-order valence-corrected chi connectivity index (χ0v) is 15.5. The molecule has 2 N–H and O–H groups in total. The van der Waals surface area contributed by atoms with Gasteiger partial charge in [-0.1, -0.05) is 42.0 Å². The quantitative estimate of drug-likeness (QED) is 0.637. The summed E-state index contributed by atoms with van der Waals surface area (Å²) in [5.74, 6) is -0.839. The van der Waals surface area contributed by atoms with Crippen molar-refractivity contribution in [3.8, 4) is 17.0 Å². The molecule has 0 aliphatic rings. The van der Waals surface area contributed by atoms with E-state index in [0.29, 0.717) is 10.7 Å². The van der Waals surface area contributed by atoms with E-state index in [2.05, 4.69) is 10.3 Å². The van der Waals surface area contributed by atoms with Gasteiger partial charge in [-0.05, 0) is 24.6 Å². The number of nitrogens with zero attached hydrogens (tertiary/aromatic N) is 1. The van der Waals surface area contributed by atoms with Crippen molar-refractivity contribution in [2.75, 3.05) is 11.9 Å². The van der Waals surface area contributed by atoms with Crippen LogP contribution in [-0.2, 0) is 20.7 Å². The third-order valence-corrected chi connectivity index (χ3v) is 4.50. The molecule has 138 valence electrons. The molecule has 0 aliphatic carbocycles. The second-order valence-corrected chi connectivity index (χ2v) is 6.81. The minimum absolute atomic E-state index is 0.0301. The summed E-state index contributed by atoms with van der Waals surface area (Å²) in [6.45, 7) is 1.63. The summed E-state index contributed by atoms with van der Waals surface area (Å²) in [7, 11) is 0. The van der Waals surface area contributed by atoms with Gasteiger partial charge in [0, 0.05) is 10.9 Å². The summed E-state index contributed by atoms with van der Waals surface area (Å²) in [5.41, 5.74) is 3.61. The lowest BCUT2D eigenvalue weighted by Crippen LogP contribution is -2.21. The average Bonchev–Trinajstić information content (AvgIpc) is 3.11. The molecule has 0 unspecified atom stereocenters. The van der Waals surface area contributed by atoms with Gasteiger partial charge >= 0.3 is 5.97 Å². The van der Waals surface area contributed by atoms with Crippen molar-refractivity contribution in [1.29, 1.82) is 0 Å². The lowest BCUT2D eigenvalue weighted by atomic mass is 10.1. The van der Waals surface area contributed by atoms with Crippen molar-refractivity contribution < 1.29 is 19.4 Å². The molecule has 1 heterocycles. The molecule has 3 rings (SSSR count). The summed E-state index contributed by atoms with van der Waals surface area (Å²) in [6, 6.07) is 14.2. The molecule has 0 saturated heterocycles. The number of esters is 1. The topological polar surface area (TPSA) is 88.5 Å². The van der Waals surface area contributed by atoms with E-state index < -0.39 is 11.9 Å². The number of anilines is 1. The highest BCUT2D eigenvalue weighted by Gasteiger charge is 2.11. The molecule has 0 aliphatic heterocycles. The summed E-state index contributed by atoms with van der Waals surface area (Å²) in [5, 5.41) is 14.2. The highest BCUT2D eigenvalue weighted by atomic mass is 32.1. The Bertz CT molecular complexity index is 933. The molecule has 0 saturated carbocycles. The third kappa shape index (κ3) is 5.39. The molecule has 27 heavy (non-hydrogen) atoms. The normalized spacial score (nSPS) is 10.4. The number of hydrogen-bond acceptors (Lipinski definition) is 6. The number of aromatic nitrogens is 1. The fourth-order valence-corrected chi connectivity index (χ4v) is 3.06. The number of phenols is 1. The van der Waals surface area contributed by atoms with Gasteiger partial charge in [0.2, 0.25) is 0 Å². The molecule has 0 bridgehead atoms. The number of hydrogen-bond donors (Lipinski definition) is 2. The Hall–Kier alpha value is -3.19. The highest BCUT2D eigenvalue weighted by molar-refractivity contribution is 7.14. The fourth-order valence-electron chi connectivity index (χ4n) is 2.32. The van der Waals surface area contributed by atoms with E-state index in [9.17, 15) is 14.7 Å². The fraction of sp³-hybridized carbons (Fsp3) is 0.150. The molecular formula is C20H18N2O4S. The van der Waals surface area contributed by atoms with E-state index >= 15 is 0 Å². The van der Waals surface area contributed by atoms with Crippen LogP contribution in [0.25, 0.3) is 11.3 Å². The number of rotatable bonds is 6. The molecule has 6 nitrogen and oxygen atoms in total. The number of aromatic hydroxyl groups is 1. The number of carbonyl (C=O) groups is 2. The van der Waals surface area contributed by atoms with Gasteiger partial charge in [0.1, 0.15) is 5.75 Å². The summed E-state index contributed by atoms with van der Waals surface area (Å²) in [4.78, 5) is 28.1. The van der Waals surface area contributed by atoms with Gasteiger partial charge in [0.15, 0.2) is 11.7 Å². The van der Waals surface area contributed by atoms with Gasteiger partial charge in [-0.2, -0.15) is 0 Å². The third-order valence-electron chi connectivity index (χ3n) is 3.75. The predicted octanol–water partition coefficient (Wildman–Crippen LogP) is 3.55. The average molecular weight is 382 g/mol. The molecule has 0 fully saturated rings. The molecule has 3 aromatic rings. The Morgan fingerprint density at radius 2 is 1.81 bits per heavy atom. The number of aryl methyl sites for hydroxylation is 1. The molecule has 1 aromatic heterocycles. The summed E-state index contributed by atoms with van der Waals surface area (Å²) in [6.07, 6.45) is 0.0301. The molecule has 2 aromatic carbocycles. The van der Waals surface area contributed by atoms with E-state index in [1.165, 1.54) is 23.5 Å². The molecule has 0 spiro atoms. The SMILES string of the molecule is Cc1ccc(-c2csc(NC(=O)COC(=O)Cc3ccc(O)cc3)n2)cc1. The van der Waals surface area contributed by atoms with Crippen molar-refractivity contribution in [2.45, 2.75) is 13.3 Å². The van der Waals surface area contributed by atoms with Gasteiger partial charge in [-0.3, -0.25) is 14.9 Å². The lowest BCUT2D eigenvalue weighted by Gasteiger charge is -2.05. The van der Waals surface area contributed by atoms with E-state index in [4.69, 9.17) is 4.74 Å². The Balaban J connectivity index is 1.48. The minimum atomic E-state index is -0.518. The van der Waals surface area contributed by atoms with Crippen LogP contribution in [0.3, 0.4) is 0 Å². The molecular weight excluding hydrogens is 364 g/mol. The number of phenolic OH excluding ortho intramolecular Hbond substituents is 1. The van der Waals surface area contributed by atoms with Gasteiger partial charge in [0.05, 0.1) is 12.1 Å². The number of benzene rings is 2. The van der Waals surface area contributed by atoms with Gasteiger partial charge in [0.25, 0.3) is 5.91 Å². The number of nitrogens with one attached hydrogen (secondary N) is 1. The largest absolute Gasteiger partial charge is 0.508 e. The van der Waals surface area contributed by atoms with Crippen molar-refractivity contribution in [3.05, 3.63) is 65.0 Å². The maximum Gasteiger partial charge on any atom is 0.310 e. The van der Waals surface area contributed by atoms with Crippen LogP contribution in [0.4, 0.5) is 5.13 Å². The van der Waals surface area contributed by atoms with Crippen molar-refractivity contribution >= 4 is 28.3 Å². The summed E-state index contributed by atoms with van der Waals surface area (Å²) < 4.78 is 4.98. The van der Waals surface area contributed by atoms with Crippen LogP contribution in [0.1, 0.15) is 11.1 Å². The van der Waals surface area contributed by atoms with Gasteiger partial charge in [-0.25, -0.2) is 4.98 Å². The standard InChI is InChI=1S/C20H18N2O4S/c1-13-2-6-15(7-3-13)17-12-27-20(21-17)22-18(24)11-26-19(25)10-14-4-8-16(23)9-5-14/h2-9,12,23H,10-11H2,1H3,(H,21,22,24). The second kappa shape index (κ2) is 8.46. The van der Waals surface area contributed by atoms with Crippen LogP contribution in [0.15, 0.2) is 53.9 Å². The first kappa shape index (κ1) is 18.6. The first-order valence-corrected chi connectivity index (χ1v) is 9.13. The van der Waals surface area contributed by atoms with Gasteiger partial charge in [-0.15, -0.1) is 11.3 Å². The lowest BCUT2D eigenvalue weighted by molar-refractivity contribution is -0.146. The van der Waals surface area contributed by atoms with Crippen LogP contribution in [0.5, 0.6) is 5.75 Å². The maximum atomic E-state index is 11.9. The zero-order chi connectivity index (χ0) is 19.2. The molecule has 1 amide bonds. The van der Waals surface area contributed by atoms with E-state index in [-0.39, 0.29) is 18.8 Å². The predicted molar refractivity (Wildman–Crippen MR) is 104 cm³/mol. The van der Waals surface area contributed by atoms with Crippen LogP contribution >= 0.6 is 11.3 Å². The Morgan fingerprint density at radius 1 is 1.11 bits per heavy atom. The minimum Gasteiger partial charge on any atom is -0.508 e. The molecule has 7 heteroatoms. The number of carbonyl (C=O) groups excluding carboxylic acids is 2. The highest BCUT2D eigenvalue weighted by Crippen LogP contribution is 2.25. The Kier molecular flexibility index (Phi) is 5.83. The van der Waals surface area contributed by atoms with Crippen molar-refractivity contribution in [1.82, 2.24) is 4.98 Å². The molecule has 0 radical (unpaired) electrons. The Labute approximate surface area is 160 Å².